The van der Waals surface area contributed by atoms with Crippen molar-refractivity contribution < 1.29 is 9.53 Å². The number of nitrogens with one attached hydrogen (secondary N) is 2. The Kier molecular flexibility index (Phi) is 5.61. The van der Waals surface area contributed by atoms with Crippen LogP contribution in [0.5, 0.6) is 5.75 Å². The number of anilines is 1. The molecule has 3 rings (SSSR count). The van der Waals surface area contributed by atoms with Crippen LogP contribution in [0.3, 0.4) is 0 Å². The molecule has 0 aliphatic rings. The van der Waals surface area contributed by atoms with Crippen molar-refractivity contribution in [3.8, 4) is 5.75 Å². The molecule has 0 aromatic heterocycles. The van der Waals surface area contributed by atoms with Crippen molar-refractivity contribution in [3.63, 3.8) is 0 Å². The lowest BCUT2D eigenvalue weighted by molar-refractivity contribution is -0.115. The van der Waals surface area contributed by atoms with Crippen LogP contribution in [0.1, 0.15) is 5.56 Å². The summed E-state index contributed by atoms with van der Waals surface area (Å²) in [4.78, 5) is 12.1. The fourth-order valence-corrected chi connectivity index (χ4v) is 2.77. The second-order valence-electron chi connectivity index (χ2n) is 5.57. The third-order valence-electron chi connectivity index (χ3n) is 3.82. The smallest absolute Gasteiger partial charge is 0.250 e. The lowest BCUT2D eigenvalue weighted by Gasteiger charge is -2.08. The Balaban J connectivity index is 1.62. The predicted octanol–water partition coefficient (Wildman–Crippen LogP) is 4.37. The molecule has 0 saturated carbocycles. The minimum Gasteiger partial charge on any atom is -0.497 e. The van der Waals surface area contributed by atoms with Crippen molar-refractivity contribution in [1.29, 1.82) is 0 Å². The quantitative estimate of drug-likeness (QED) is 0.534. The summed E-state index contributed by atoms with van der Waals surface area (Å²) in [6, 6.07) is 21.3. The summed E-state index contributed by atoms with van der Waals surface area (Å²) < 4.78 is 5.10. The van der Waals surface area contributed by atoms with Crippen LogP contribution in [0.15, 0.2) is 72.8 Å². The van der Waals surface area contributed by atoms with E-state index in [1.165, 1.54) is 6.08 Å². The van der Waals surface area contributed by atoms with E-state index < -0.39 is 0 Å². The van der Waals surface area contributed by atoms with Crippen LogP contribution in [0.4, 0.5) is 5.69 Å². The summed E-state index contributed by atoms with van der Waals surface area (Å²) in [5.41, 5.74) is 1.75. The molecular weight excluding hydrogens is 344 g/mol. The molecule has 0 unspecified atom stereocenters. The molecule has 0 saturated heterocycles. The van der Waals surface area contributed by atoms with Gasteiger partial charge < -0.3 is 10.1 Å². The van der Waals surface area contributed by atoms with Gasteiger partial charge in [-0.2, -0.15) is 0 Å². The van der Waals surface area contributed by atoms with Gasteiger partial charge in [0.1, 0.15) is 5.75 Å². The van der Waals surface area contributed by atoms with Gasteiger partial charge in [-0.1, -0.05) is 42.5 Å². The molecule has 4 nitrogen and oxygen atoms in total. The zero-order chi connectivity index (χ0) is 18.4. The maximum absolute atomic E-state index is 12.1. The lowest BCUT2D eigenvalue weighted by atomic mass is 10.0. The number of benzene rings is 3. The number of thiocarbonyl (C=S) groups is 1. The SMILES string of the molecule is COc1ccc(NC(=S)NC(=O)/C=C/c2cccc3ccccc23)cc1. The molecule has 0 fully saturated rings. The first kappa shape index (κ1) is 17.6. The molecule has 0 heterocycles. The van der Waals surface area contributed by atoms with E-state index in [1.54, 1.807) is 13.2 Å². The van der Waals surface area contributed by atoms with Gasteiger partial charge >= 0.3 is 0 Å². The van der Waals surface area contributed by atoms with Crippen LogP contribution in [0.25, 0.3) is 16.8 Å². The van der Waals surface area contributed by atoms with Crippen molar-refractivity contribution in [2.45, 2.75) is 0 Å². The monoisotopic (exact) mass is 362 g/mol. The minimum absolute atomic E-state index is 0.239. The Morgan fingerprint density at radius 1 is 1.00 bits per heavy atom. The summed E-state index contributed by atoms with van der Waals surface area (Å²) >= 11 is 5.17. The number of carbonyl (C=O) groups is 1. The topological polar surface area (TPSA) is 50.4 Å². The van der Waals surface area contributed by atoms with E-state index in [0.29, 0.717) is 0 Å². The van der Waals surface area contributed by atoms with E-state index in [2.05, 4.69) is 10.6 Å². The fourth-order valence-electron chi connectivity index (χ4n) is 2.55. The van der Waals surface area contributed by atoms with Gasteiger partial charge in [-0.3, -0.25) is 10.1 Å². The van der Waals surface area contributed by atoms with Gasteiger partial charge in [0.05, 0.1) is 7.11 Å². The Bertz CT molecular complexity index is 960. The van der Waals surface area contributed by atoms with Gasteiger partial charge in [0, 0.05) is 11.8 Å². The average Bonchev–Trinajstić information content (AvgIpc) is 2.67. The molecule has 0 bridgehead atoms. The summed E-state index contributed by atoms with van der Waals surface area (Å²) in [6.07, 6.45) is 3.26. The van der Waals surface area contributed by atoms with E-state index in [4.69, 9.17) is 17.0 Å². The average molecular weight is 362 g/mol. The van der Waals surface area contributed by atoms with Crippen LogP contribution in [0, 0.1) is 0 Å². The molecule has 130 valence electrons. The van der Waals surface area contributed by atoms with Crippen molar-refractivity contribution in [1.82, 2.24) is 5.32 Å². The standard InChI is InChI=1S/C21H18N2O2S/c1-25-18-12-10-17(11-13-18)22-21(26)23-20(24)14-9-16-7-4-6-15-5-2-3-8-19(15)16/h2-14H,1H3,(H2,22,23,24,26)/b14-9+. The highest BCUT2D eigenvalue weighted by Crippen LogP contribution is 2.19. The molecule has 3 aromatic carbocycles. The zero-order valence-electron chi connectivity index (χ0n) is 14.2. The largest absolute Gasteiger partial charge is 0.497 e. The number of hydrogen-bond donors (Lipinski definition) is 2. The highest BCUT2D eigenvalue weighted by atomic mass is 32.1. The van der Waals surface area contributed by atoms with Gasteiger partial charge in [0.2, 0.25) is 5.91 Å². The van der Waals surface area contributed by atoms with Crippen LogP contribution in [-0.2, 0) is 4.79 Å². The van der Waals surface area contributed by atoms with Crippen LogP contribution >= 0.6 is 12.2 Å². The number of rotatable bonds is 4. The first-order valence-corrected chi connectivity index (χ1v) is 8.48. The Hall–Kier alpha value is -3.18. The number of hydrogen-bond acceptors (Lipinski definition) is 3. The van der Waals surface area contributed by atoms with Gasteiger partial charge in [0.15, 0.2) is 5.11 Å². The van der Waals surface area contributed by atoms with Crippen molar-refractivity contribution in [2.75, 3.05) is 12.4 Å². The van der Waals surface area contributed by atoms with E-state index in [1.807, 2.05) is 66.7 Å². The normalized spacial score (nSPS) is 10.7. The maximum atomic E-state index is 12.1. The number of amides is 1. The summed E-state index contributed by atoms with van der Waals surface area (Å²) in [5.74, 6) is 0.465. The molecule has 0 aliphatic heterocycles. The van der Waals surface area contributed by atoms with Crippen LogP contribution in [-0.4, -0.2) is 18.1 Å². The second kappa shape index (κ2) is 8.27. The molecule has 3 aromatic rings. The number of methoxy groups -OCH3 is 1. The first-order valence-electron chi connectivity index (χ1n) is 8.07. The molecule has 2 N–H and O–H groups in total. The summed E-state index contributed by atoms with van der Waals surface area (Å²) in [6.45, 7) is 0. The molecule has 5 heteroatoms. The Morgan fingerprint density at radius 3 is 2.50 bits per heavy atom. The molecule has 0 radical (unpaired) electrons. The number of carbonyl (C=O) groups excluding carboxylic acids is 1. The van der Waals surface area contributed by atoms with Gasteiger partial charge in [0.25, 0.3) is 0 Å². The van der Waals surface area contributed by atoms with Gasteiger partial charge in [-0.15, -0.1) is 0 Å². The molecule has 0 aliphatic carbocycles. The Labute approximate surface area is 157 Å². The van der Waals surface area contributed by atoms with Crippen molar-refractivity contribution in [2.24, 2.45) is 0 Å². The lowest BCUT2D eigenvalue weighted by Crippen LogP contribution is -2.32. The Morgan fingerprint density at radius 2 is 1.73 bits per heavy atom. The van der Waals surface area contributed by atoms with Crippen LogP contribution in [0.2, 0.25) is 0 Å². The molecule has 1 amide bonds. The molecule has 26 heavy (non-hydrogen) atoms. The van der Waals surface area contributed by atoms with Crippen molar-refractivity contribution in [3.05, 3.63) is 78.4 Å². The van der Waals surface area contributed by atoms with E-state index in [0.717, 1.165) is 27.8 Å². The van der Waals surface area contributed by atoms with E-state index in [-0.39, 0.29) is 11.0 Å². The third-order valence-corrected chi connectivity index (χ3v) is 4.03. The number of fused-ring (bicyclic) bond motifs is 1. The van der Waals surface area contributed by atoms with Crippen molar-refractivity contribution >= 4 is 45.8 Å². The highest BCUT2D eigenvalue weighted by molar-refractivity contribution is 7.80. The number of ether oxygens (including phenoxy) is 1. The first-order chi connectivity index (χ1) is 12.7. The molecule has 0 atom stereocenters. The summed E-state index contributed by atoms with van der Waals surface area (Å²) in [5, 5.41) is 8.07. The van der Waals surface area contributed by atoms with E-state index in [9.17, 15) is 4.79 Å². The van der Waals surface area contributed by atoms with E-state index >= 15 is 0 Å². The maximum Gasteiger partial charge on any atom is 0.250 e. The second-order valence-corrected chi connectivity index (χ2v) is 5.98. The fraction of sp³-hybridized carbons (Fsp3) is 0.0476. The zero-order valence-corrected chi connectivity index (χ0v) is 15.0. The summed E-state index contributed by atoms with van der Waals surface area (Å²) in [7, 11) is 1.61. The third kappa shape index (κ3) is 4.46. The molecule has 0 spiro atoms. The van der Waals surface area contributed by atoms with Gasteiger partial charge in [-0.25, -0.2) is 0 Å². The molecular formula is C21H18N2O2S. The minimum atomic E-state index is -0.288. The van der Waals surface area contributed by atoms with Gasteiger partial charge in [-0.05, 0) is 58.9 Å². The van der Waals surface area contributed by atoms with Crippen LogP contribution < -0.4 is 15.4 Å². The predicted molar refractivity (Wildman–Crippen MR) is 110 cm³/mol. The highest BCUT2D eigenvalue weighted by Gasteiger charge is 2.03.